The van der Waals surface area contributed by atoms with Crippen LogP contribution in [0, 0.1) is 0 Å². The number of ether oxygens (including phenoxy) is 1. The van der Waals surface area contributed by atoms with Crippen LogP contribution in [0.4, 0.5) is 5.69 Å². The summed E-state index contributed by atoms with van der Waals surface area (Å²) >= 11 is 5.96. The van der Waals surface area contributed by atoms with Crippen LogP contribution >= 0.6 is 11.6 Å². The van der Waals surface area contributed by atoms with Gasteiger partial charge in [0.15, 0.2) is 0 Å². The van der Waals surface area contributed by atoms with Gasteiger partial charge < -0.3 is 10.5 Å². The number of benzene rings is 2. The average molecular weight is 494 g/mol. The number of halogens is 1. The number of aromatic amines is 1. The minimum absolute atomic E-state index is 0.0928. The fraction of sp³-hybridized carbons (Fsp3) is 0.130. The van der Waals surface area contributed by atoms with E-state index in [4.69, 9.17) is 22.1 Å². The molecule has 11 nitrogen and oxygen atoms in total. The Morgan fingerprint density at radius 2 is 1.80 bits per heavy atom. The summed E-state index contributed by atoms with van der Waals surface area (Å²) in [5.41, 5.74) is 5.51. The maximum absolute atomic E-state index is 13.0. The lowest BCUT2D eigenvalue weighted by molar-refractivity contribution is 0.0989. The van der Waals surface area contributed by atoms with E-state index in [2.05, 4.69) is 19.9 Å². The van der Waals surface area contributed by atoms with Crippen LogP contribution in [0.15, 0.2) is 75.4 Å². The second-order valence-corrected chi connectivity index (χ2v) is 7.72. The largest absolute Gasteiger partial charge is 0.439 e. The third-order valence-electron chi connectivity index (χ3n) is 4.90. The Balaban J connectivity index is 1.68. The van der Waals surface area contributed by atoms with Crippen LogP contribution in [0.3, 0.4) is 0 Å². The normalized spacial score (nSPS) is 11.4. The summed E-state index contributed by atoms with van der Waals surface area (Å²) in [7, 11) is 0. The number of nitrogens with zero attached hydrogens (tertiary/aromatic N) is 5. The first-order valence-electron chi connectivity index (χ1n) is 10.5. The van der Waals surface area contributed by atoms with Gasteiger partial charge >= 0.3 is 11.4 Å². The highest BCUT2D eigenvalue weighted by Gasteiger charge is 2.10. The predicted octanol–water partition coefficient (Wildman–Crippen LogP) is 1.97. The summed E-state index contributed by atoms with van der Waals surface area (Å²) in [6.07, 6.45) is 1.36. The number of primary amides is 1. The molecule has 2 aromatic carbocycles. The van der Waals surface area contributed by atoms with Gasteiger partial charge in [0.25, 0.3) is 5.91 Å². The lowest BCUT2D eigenvalue weighted by atomic mass is 10.2. The van der Waals surface area contributed by atoms with Gasteiger partial charge in [0, 0.05) is 23.8 Å². The highest BCUT2D eigenvalue weighted by atomic mass is 35.5. The van der Waals surface area contributed by atoms with Crippen LogP contribution in [0.25, 0.3) is 0 Å². The minimum Gasteiger partial charge on any atom is -0.439 e. The van der Waals surface area contributed by atoms with Gasteiger partial charge in [-0.3, -0.25) is 14.3 Å². The van der Waals surface area contributed by atoms with Crippen LogP contribution < -0.4 is 27.5 Å². The lowest BCUT2D eigenvalue weighted by Gasteiger charge is -2.10. The van der Waals surface area contributed by atoms with Gasteiger partial charge in [0.05, 0.1) is 12.2 Å². The van der Waals surface area contributed by atoms with Crippen molar-refractivity contribution in [3.63, 3.8) is 0 Å². The lowest BCUT2D eigenvalue weighted by Crippen LogP contribution is -2.49. The zero-order valence-corrected chi connectivity index (χ0v) is 19.3. The Bertz CT molecular complexity index is 1560. The number of aromatic nitrogens is 5. The number of rotatable bonds is 7. The van der Waals surface area contributed by atoms with Gasteiger partial charge in [-0.25, -0.2) is 24.1 Å². The molecular weight excluding hydrogens is 474 g/mol. The standard InChI is InChI=1S/C23H20ClN7O4/c1-2-30-22(33)29-21(31(23(30)34)13-14-3-5-15(24)6-4-14)27-16-7-9-17(10-8-16)35-18-11-12-26-20(28-18)19(25)32/h3-12H,2,13H2,1H3,(H2,25,32)(H,27,29,33). The van der Waals surface area contributed by atoms with E-state index in [0.29, 0.717) is 16.5 Å². The quantitative estimate of drug-likeness (QED) is 0.401. The summed E-state index contributed by atoms with van der Waals surface area (Å²) in [6.45, 7) is 2.10. The first-order valence-corrected chi connectivity index (χ1v) is 10.9. The van der Waals surface area contributed by atoms with Crippen LogP contribution in [0.2, 0.25) is 5.02 Å². The zero-order chi connectivity index (χ0) is 24.9. The molecule has 2 heterocycles. The second kappa shape index (κ2) is 10.2. The van der Waals surface area contributed by atoms with Crippen molar-refractivity contribution in [2.45, 2.75) is 20.0 Å². The molecule has 0 aliphatic heterocycles. The smallest absolute Gasteiger partial charge is 0.335 e. The molecule has 0 aliphatic rings. The molecule has 0 radical (unpaired) electrons. The predicted molar refractivity (Wildman–Crippen MR) is 128 cm³/mol. The van der Waals surface area contributed by atoms with Gasteiger partial charge in [-0.15, -0.1) is 0 Å². The summed E-state index contributed by atoms with van der Waals surface area (Å²) in [6, 6.07) is 15.1. The van der Waals surface area contributed by atoms with Crippen molar-refractivity contribution in [2.24, 2.45) is 10.7 Å². The molecule has 4 rings (SSSR count). The zero-order valence-electron chi connectivity index (χ0n) is 18.5. The fourth-order valence-corrected chi connectivity index (χ4v) is 3.31. The van der Waals surface area contributed by atoms with Crippen LogP contribution in [0.5, 0.6) is 11.6 Å². The van der Waals surface area contributed by atoms with Gasteiger partial charge in [-0.05, 0) is 48.9 Å². The highest BCUT2D eigenvalue weighted by Crippen LogP contribution is 2.22. The van der Waals surface area contributed by atoms with Crippen molar-refractivity contribution in [3.8, 4) is 11.6 Å². The number of nitrogens with one attached hydrogen (secondary N) is 1. The number of nitrogens with two attached hydrogens (primary N) is 1. The third-order valence-corrected chi connectivity index (χ3v) is 5.15. The van der Waals surface area contributed by atoms with Crippen molar-refractivity contribution in [1.82, 2.24) is 24.1 Å². The summed E-state index contributed by atoms with van der Waals surface area (Å²) in [4.78, 5) is 51.5. The molecule has 0 bridgehead atoms. The van der Waals surface area contributed by atoms with E-state index in [9.17, 15) is 14.4 Å². The van der Waals surface area contributed by atoms with Crippen molar-refractivity contribution < 1.29 is 9.53 Å². The number of hydrogen-bond acceptors (Lipinski definition) is 7. The Morgan fingerprint density at radius 1 is 1.09 bits per heavy atom. The molecular formula is C23H20ClN7O4. The molecule has 3 N–H and O–H groups in total. The topological polar surface area (TPSA) is 150 Å². The summed E-state index contributed by atoms with van der Waals surface area (Å²) in [5, 5.41) is 0.575. The first-order chi connectivity index (χ1) is 16.8. The fourth-order valence-electron chi connectivity index (χ4n) is 3.19. The number of H-pyrrole nitrogens is 1. The second-order valence-electron chi connectivity index (χ2n) is 7.28. The van der Waals surface area contributed by atoms with Gasteiger partial charge in [0.1, 0.15) is 5.75 Å². The van der Waals surface area contributed by atoms with Gasteiger partial charge in [0.2, 0.25) is 17.3 Å². The molecule has 0 unspecified atom stereocenters. The Morgan fingerprint density at radius 3 is 2.46 bits per heavy atom. The van der Waals surface area contributed by atoms with Crippen LogP contribution in [-0.4, -0.2) is 30.0 Å². The number of carbonyl (C=O) groups is 1. The van der Waals surface area contributed by atoms with E-state index in [-0.39, 0.29) is 30.4 Å². The molecule has 0 saturated heterocycles. The van der Waals surface area contributed by atoms with Gasteiger partial charge in [-0.2, -0.15) is 4.98 Å². The molecule has 1 amide bonds. The average Bonchev–Trinajstić information content (AvgIpc) is 2.84. The van der Waals surface area contributed by atoms with Gasteiger partial charge in [-0.1, -0.05) is 23.7 Å². The molecule has 0 saturated carbocycles. The molecule has 35 heavy (non-hydrogen) atoms. The SMILES string of the molecule is CCn1c(=O)[nH]/c(=N\c2ccc(Oc3ccnc(C(N)=O)n3)cc2)n(Cc2ccc(Cl)cc2)c1=O. The Hall–Kier alpha value is -4.51. The van der Waals surface area contributed by atoms with Crippen molar-refractivity contribution in [2.75, 3.05) is 0 Å². The summed E-state index contributed by atoms with van der Waals surface area (Å²) in [5.74, 6) is -0.366. The van der Waals surface area contributed by atoms with Crippen LogP contribution in [-0.2, 0) is 13.1 Å². The molecule has 178 valence electrons. The number of carbonyl (C=O) groups excluding carboxylic acids is 1. The maximum atomic E-state index is 13.0. The van der Waals surface area contributed by atoms with E-state index in [1.54, 1.807) is 55.5 Å². The third kappa shape index (κ3) is 5.53. The van der Waals surface area contributed by atoms with Crippen LogP contribution in [0.1, 0.15) is 23.1 Å². The van der Waals surface area contributed by atoms with Crippen molar-refractivity contribution in [1.29, 1.82) is 0 Å². The van der Waals surface area contributed by atoms with Crippen molar-refractivity contribution in [3.05, 3.63) is 104 Å². The minimum atomic E-state index is -0.768. The highest BCUT2D eigenvalue weighted by molar-refractivity contribution is 6.30. The molecule has 2 aromatic heterocycles. The van der Waals surface area contributed by atoms with E-state index in [1.165, 1.54) is 16.8 Å². The van der Waals surface area contributed by atoms with E-state index in [0.717, 1.165) is 10.1 Å². The molecule has 0 fully saturated rings. The molecule has 4 aromatic rings. The van der Waals surface area contributed by atoms with Crippen molar-refractivity contribution >= 4 is 23.2 Å². The maximum Gasteiger partial charge on any atom is 0.335 e. The Kier molecular flexibility index (Phi) is 6.88. The first kappa shape index (κ1) is 23.6. The monoisotopic (exact) mass is 493 g/mol. The molecule has 12 heteroatoms. The Labute approximate surface area is 203 Å². The van der Waals surface area contributed by atoms with E-state index >= 15 is 0 Å². The number of amides is 1. The molecule has 0 atom stereocenters. The number of hydrogen-bond donors (Lipinski definition) is 2. The summed E-state index contributed by atoms with van der Waals surface area (Å²) < 4.78 is 8.10. The van der Waals surface area contributed by atoms with E-state index in [1.807, 2.05) is 0 Å². The molecule has 0 spiro atoms. The molecule has 0 aliphatic carbocycles. The van der Waals surface area contributed by atoms with E-state index < -0.39 is 17.3 Å².